The molecule has 0 atom stereocenters. The van der Waals surface area contributed by atoms with Crippen LogP contribution in [0, 0.1) is 10.1 Å². The van der Waals surface area contributed by atoms with E-state index in [9.17, 15) is 20.0 Å². The van der Waals surface area contributed by atoms with Crippen LogP contribution < -0.4 is 10.2 Å². The summed E-state index contributed by atoms with van der Waals surface area (Å²) in [5.41, 5.74) is 3.54. The van der Waals surface area contributed by atoms with Crippen molar-refractivity contribution in [1.82, 2.24) is 5.32 Å². The molecule has 2 amide bonds. The zero-order chi connectivity index (χ0) is 17.6. The van der Waals surface area contributed by atoms with Gasteiger partial charge in [0.1, 0.15) is 5.75 Å². The molecule has 0 fully saturated rings. The van der Waals surface area contributed by atoms with E-state index in [1.165, 1.54) is 17.0 Å². The van der Waals surface area contributed by atoms with Crippen LogP contribution in [0.1, 0.15) is 17.5 Å². The average Bonchev–Trinajstić information content (AvgIpc) is 2.61. The minimum Gasteiger partial charge on any atom is -0.506 e. The molecule has 1 aliphatic carbocycles. The Morgan fingerprint density at radius 2 is 1.92 bits per heavy atom. The topological polar surface area (TPSA) is 95.7 Å². The number of phenolic OH excluding ortho intramolecular Hbond substituents is 1. The van der Waals surface area contributed by atoms with Crippen LogP contribution in [0.15, 0.2) is 48.0 Å². The minimum atomic E-state index is -0.386. The highest BCUT2D eigenvalue weighted by molar-refractivity contribution is 6.02. The number of fused-ring (bicyclic) bond motifs is 2. The zero-order valence-electron chi connectivity index (χ0n) is 13.2. The van der Waals surface area contributed by atoms with Gasteiger partial charge in [0.15, 0.2) is 0 Å². The molecular formula is C18H15N3O4. The molecule has 1 aliphatic heterocycles. The van der Waals surface area contributed by atoms with Gasteiger partial charge in [-0.25, -0.2) is 4.79 Å². The summed E-state index contributed by atoms with van der Waals surface area (Å²) in [7, 11) is 0. The Kier molecular flexibility index (Phi) is 3.42. The Labute approximate surface area is 143 Å². The van der Waals surface area contributed by atoms with Gasteiger partial charge in [0.2, 0.25) is 0 Å². The fourth-order valence-electron chi connectivity index (χ4n) is 3.47. The number of benzene rings is 2. The number of amides is 2. The van der Waals surface area contributed by atoms with E-state index in [2.05, 4.69) is 5.32 Å². The summed E-state index contributed by atoms with van der Waals surface area (Å²) in [6.07, 6.45) is 1.17. The second-order valence-electron chi connectivity index (χ2n) is 6.04. The number of phenols is 1. The Morgan fingerprint density at radius 1 is 1.12 bits per heavy atom. The standard InChI is InChI=1S/C18H15N3O4/c22-16-7-2-1-5-15(16)20-10-11-8-9-12-13(17(11)19-18(20)23)4-3-6-14(12)21(24)25/h1-7,22H,8-10H2,(H,19,23). The molecule has 126 valence electrons. The first-order chi connectivity index (χ1) is 12.1. The molecule has 0 saturated heterocycles. The van der Waals surface area contributed by atoms with Crippen molar-refractivity contribution in [2.75, 3.05) is 11.4 Å². The van der Waals surface area contributed by atoms with Gasteiger partial charge in [0, 0.05) is 17.2 Å². The zero-order valence-corrected chi connectivity index (χ0v) is 13.2. The lowest BCUT2D eigenvalue weighted by atomic mass is 9.87. The number of nitrogens with zero attached hydrogens (tertiary/aromatic N) is 2. The second kappa shape index (κ2) is 5.62. The third-order valence-electron chi connectivity index (χ3n) is 4.65. The molecule has 0 unspecified atom stereocenters. The fraction of sp³-hybridized carbons (Fsp3) is 0.167. The fourth-order valence-corrected chi connectivity index (χ4v) is 3.47. The van der Waals surface area contributed by atoms with Crippen LogP contribution in [0.4, 0.5) is 16.2 Å². The van der Waals surface area contributed by atoms with Gasteiger partial charge in [-0.3, -0.25) is 15.0 Å². The summed E-state index contributed by atoms with van der Waals surface area (Å²) in [6, 6.07) is 11.2. The first kappa shape index (κ1) is 15.2. The molecule has 4 rings (SSSR count). The molecule has 7 nitrogen and oxygen atoms in total. The maximum absolute atomic E-state index is 12.6. The maximum Gasteiger partial charge on any atom is 0.326 e. The Morgan fingerprint density at radius 3 is 2.68 bits per heavy atom. The lowest BCUT2D eigenvalue weighted by molar-refractivity contribution is -0.385. The molecule has 0 bridgehead atoms. The summed E-state index contributed by atoms with van der Waals surface area (Å²) < 4.78 is 0. The predicted octanol–water partition coefficient (Wildman–Crippen LogP) is 3.19. The van der Waals surface area contributed by atoms with E-state index in [1.54, 1.807) is 30.3 Å². The third kappa shape index (κ3) is 2.40. The number of hydrogen-bond acceptors (Lipinski definition) is 4. The SMILES string of the molecule is O=C1NC2=C(CCc3c2cccc3[N+](=O)[O-])CN1c1ccccc1O. The monoisotopic (exact) mass is 337 g/mol. The van der Waals surface area contributed by atoms with Crippen molar-refractivity contribution in [3.8, 4) is 5.75 Å². The van der Waals surface area contributed by atoms with Gasteiger partial charge in [0.05, 0.1) is 22.9 Å². The number of hydrogen-bond donors (Lipinski definition) is 2. The highest BCUT2D eigenvalue weighted by Crippen LogP contribution is 2.38. The van der Waals surface area contributed by atoms with Crippen LogP contribution in [-0.4, -0.2) is 22.6 Å². The van der Waals surface area contributed by atoms with E-state index in [1.807, 2.05) is 0 Å². The van der Waals surface area contributed by atoms with Gasteiger partial charge in [-0.2, -0.15) is 0 Å². The summed E-state index contributed by atoms with van der Waals surface area (Å²) in [5.74, 6) is 0.0357. The molecular weight excluding hydrogens is 322 g/mol. The summed E-state index contributed by atoms with van der Waals surface area (Å²) in [5, 5.41) is 24.1. The molecule has 0 radical (unpaired) electrons. The highest BCUT2D eigenvalue weighted by atomic mass is 16.6. The minimum absolute atomic E-state index is 0.0357. The van der Waals surface area contributed by atoms with E-state index in [-0.39, 0.29) is 22.4 Å². The number of carbonyl (C=O) groups is 1. The number of anilines is 1. The van der Waals surface area contributed by atoms with Gasteiger partial charge in [-0.05, 0) is 30.5 Å². The molecule has 2 aliphatic rings. The van der Waals surface area contributed by atoms with E-state index < -0.39 is 0 Å². The summed E-state index contributed by atoms with van der Waals surface area (Å²) in [4.78, 5) is 24.9. The lowest BCUT2D eigenvalue weighted by Crippen LogP contribution is -2.46. The van der Waals surface area contributed by atoms with Crippen LogP contribution in [0.25, 0.3) is 5.70 Å². The summed E-state index contributed by atoms with van der Waals surface area (Å²) in [6.45, 7) is 0.348. The molecule has 0 saturated carbocycles. The molecule has 7 heteroatoms. The van der Waals surface area contributed by atoms with E-state index in [0.29, 0.717) is 41.9 Å². The average molecular weight is 337 g/mol. The van der Waals surface area contributed by atoms with Gasteiger partial charge < -0.3 is 10.4 Å². The van der Waals surface area contributed by atoms with Crippen molar-refractivity contribution < 1.29 is 14.8 Å². The number of nitro benzene ring substituents is 1. The van der Waals surface area contributed by atoms with Crippen molar-refractivity contribution in [2.45, 2.75) is 12.8 Å². The summed E-state index contributed by atoms with van der Waals surface area (Å²) >= 11 is 0. The number of nitro groups is 1. The molecule has 25 heavy (non-hydrogen) atoms. The van der Waals surface area contributed by atoms with Gasteiger partial charge in [-0.1, -0.05) is 24.3 Å². The molecule has 2 N–H and O–H groups in total. The Balaban J connectivity index is 1.77. The highest BCUT2D eigenvalue weighted by Gasteiger charge is 2.33. The number of nitrogens with one attached hydrogen (secondary N) is 1. The van der Waals surface area contributed by atoms with Crippen molar-refractivity contribution in [3.63, 3.8) is 0 Å². The van der Waals surface area contributed by atoms with Gasteiger partial charge in [-0.15, -0.1) is 0 Å². The number of carbonyl (C=O) groups excluding carboxylic acids is 1. The van der Waals surface area contributed by atoms with E-state index in [4.69, 9.17) is 0 Å². The molecule has 0 aromatic heterocycles. The Bertz CT molecular complexity index is 936. The largest absolute Gasteiger partial charge is 0.506 e. The van der Waals surface area contributed by atoms with Crippen LogP contribution >= 0.6 is 0 Å². The van der Waals surface area contributed by atoms with Crippen LogP contribution in [0.3, 0.4) is 0 Å². The quantitative estimate of drug-likeness (QED) is 0.650. The van der Waals surface area contributed by atoms with Crippen molar-refractivity contribution in [1.29, 1.82) is 0 Å². The first-order valence-corrected chi connectivity index (χ1v) is 7.91. The molecule has 1 heterocycles. The molecule has 2 aromatic rings. The predicted molar refractivity (Wildman–Crippen MR) is 92.3 cm³/mol. The van der Waals surface area contributed by atoms with Gasteiger partial charge in [0.25, 0.3) is 5.69 Å². The van der Waals surface area contributed by atoms with Crippen LogP contribution in [-0.2, 0) is 6.42 Å². The van der Waals surface area contributed by atoms with Crippen LogP contribution in [0.5, 0.6) is 5.75 Å². The van der Waals surface area contributed by atoms with Gasteiger partial charge >= 0.3 is 6.03 Å². The maximum atomic E-state index is 12.6. The van der Waals surface area contributed by atoms with Crippen LogP contribution in [0.2, 0.25) is 0 Å². The molecule has 0 spiro atoms. The number of rotatable bonds is 2. The van der Waals surface area contributed by atoms with Crippen molar-refractivity contribution in [3.05, 3.63) is 69.3 Å². The third-order valence-corrected chi connectivity index (χ3v) is 4.65. The number of aromatic hydroxyl groups is 1. The van der Waals surface area contributed by atoms with Crippen molar-refractivity contribution in [2.24, 2.45) is 0 Å². The van der Waals surface area contributed by atoms with E-state index >= 15 is 0 Å². The smallest absolute Gasteiger partial charge is 0.326 e. The van der Waals surface area contributed by atoms with E-state index in [0.717, 1.165) is 5.57 Å². The first-order valence-electron chi connectivity index (χ1n) is 7.91. The normalized spacial score (nSPS) is 16.2. The number of urea groups is 1. The lowest BCUT2D eigenvalue weighted by Gasteiger charge is -2.34. The molecule has 2 aromatic carbocycles. The second-order valence-corrected chi connectivity index (χ2v) is 6.04. The van der Waals surface area contributed by atoms with Crippen molar-refractivity contribution >= 4 is 23.1 Å². The Hall–Kier alpha value is -3.35. The number of para-hydroxylation sites is 2.